The first kappa shape index (κ1) is 15.2. The summed E-state index contributed by atoms with van der Waals surface area (Å²) < 4.78 is 0. The van der Waals surface area contributed by atoms with Gasteiger partial charge in [0, 0.05) is 32.1 Å². The molecule has 4 nitrogen and oxygen atoms in total. The maximum atomic E-state index is 11.7. The van der Waals surface area contributed by atoms with Gasteiger partial charge in [0.15, 0.2) is 0 Å². The maximum absolute atomic E-state index is 11.7. The van der Waals surface area contributed by atoms with Crippen LogP contribution in [0.3, 0.4) is 0 Å². The molecule has 4 heteroatoms. The molecule has 2 heterocycles. The van der Waals surface area contributed by atoms with E-state index in [2.05, 4.69) is 41.3 Å². The summed E-state index contributed by atoms with van der Waals surface area (Å²) >= 11 is 0. The number of hydrogen-bond acceptors (Lipinski definition) is 2. The Hall–Kier alpha value is -2.33. The highest BCUT2D eigenvalue weighted by atomic mass is 16.4. The highest BCUT2D eigenvalue weighted by Gasteiger charge is 2.49. The van der Waals surface area contributed by atoms with Gasteiger partial charge in [-0.1, -0.05) is 60.7 Å². The first-order chi connectivity index (χ1) is 11.7. The Bertz CT molecular complexity index is 704. The van der Waals surface area contributed by atoms with E-state index in [1.165, 1.54) is 5.56 Å². The van der Waals surface area contributed by atoms with Gasteiger partial charge in [-0.25, -0.2) is 4.79 Å². The normalized spacial score (nSPS) is 26.5. The molecule has 0 saturated carbocycles. The second-order valence-corrected chi connectivity index (χ2v) is 6.89. The van der Waals surface area contributed by atoms with E-state index in [0.717, 1.165) is 25.2 Å². The van der Waals surface area contributed by atoms with Crippen molar-refractivity contribution in [2.24, 2.45) is 11.8 Å². The predicted octanol–water partition coefficient (Wildman–Crippen LogP) is 3.47. The fraction of sp³-hybridized carbons (Fsp3) is 0.350. The van der Waals surface area contributed by atoms with Crippen LogP contribution >= 0.6 is 0 Å². The maximum Gasteiger partial charge on any atom is 0.407 e. The lowest BCUT2D eigenvalue weighted by atomic mass is 9.90. The molecule has 0 aromatic heterocycles. The first-order valence-electron chi connectivity index (χ1n) is 8.53. The zero-order valence-corrected chi connectivity index (χ0v) is 13.6. The van der Waals surface area contributed by atoms with Crippen LogP contribution in [0.1, 0.15) is 17.2 Å². The number of fused-ring (bicyclic) bond motifs is 1. The Morgan fingerprint density at radius 1 is 0.958 bits per heavy atom. The van der Waals surface area contributed by atoms with Crippen molar-refractivity contribution >= 4 is 6.09 Å². The van der Waals surface area contributed by atoms with E-state index in [-0.39, 0.29) is 6.04 Å². The zero-order chi connectivity index (χ0) is 16.5. The number of carbonyl (C=O) groups is 1. The standard InChI is InChI=1S/C20H22N2O2/c23-20(24)22-13-17-12-21(11-15-7-3-1-4-8-15)14-18(17)19(22)16-9-5-2-6-10-16/h1-10,17-19H,11-14H2,(H,23,24). The lowest BCUT2D eigenvalue weighted by Gasteiger charge is -2.27. The van der Waals surface area contributed by atoms with Crippen molar-refractivity contribution in [3.8, 4) is 0 Å². The Balaban J connectivity index is 1.54. The van der Waals surface area contributed by atoms with Crippen molar-refractivity contribution in [3.63, 3.8) is 0 Å². The van der Waals surface area contributed by atoms with Crippen LogP contribution in [0, 0.1) is 11.8 Å². The molecule has 0 radical (unpaired) electrons. The summed E-state index contributed by atoms with van der Waals surface area (Å²) in [5.41, 5.74) is 2.44. The zero-order valence-electron chi connectivity index (χ0n) is 13.6. The third-order valence-electron chi connectivity index (χ3n) is 5.38. The van der Waals surface area contributed by atoms with Crippen LogP contribution in [0.5, 0.6) is 0 Å². The molecule has 2 fully saturated rings. The van der Waals surface area contributed by atoms with E-state index in [9.17, 15) is 9.90 Å². The van der Waals surface area contributed by atoms with Crippen molar-refractivity contribution in [1.82, 2.24) is 9.80 Å². The summed E-state index contributed by atoms with van der Waals surface area (Å²) in [5, 5.41) is 9.61. The monoisotopic (exact) mass is 322 g/mol. The van der Waals surface area contributed by atoms with E-state index >= 15 is 0 Å². The lowest BCUT2D eigenvalue weighted by molar-refractivity contribution is 0.128. The molecule has 0 spiro atoms. The molecule has 2 aliphatic heterocycles. The average Bonchev–Trinajstić information content (AvgIpc) is 3.13. The summed E-state index contributed by atoms with van der Waals surface area (Å²) in [6, 6.07) is 20.6. The molecule has 24 heavy (non-hydrogen) atoms. The molecule has 2 aliphatic rings. The van der Waals surface area contributed by atoms with Crippen molar-refractivity contribution in [1.29, 1.82) is 0 Å². The van der Waals surface area contributed by atoms with E-state index in [0.29, 0.717) is 18.4 Å². The minimum atomic E-state index is -0.798. The van der Waals surface area contributed by atoms with Gasteiger partial charge >= 0.3 is 6.09 Å². The van der Waals surface area contributed by atoms with Gasteiger partial charge in [-0.2, -0.15) is 0 Å². The predicted molar refractivity (Wildman–Crippen MR) is 92.6 cm³/mol. The molecular formula is C20H22N2O2. The molecule has 4 rings (SSSR count). The summed E-state index contributed by atoms with van der Waals surface area (Å²) in [6.45, 7) is 3.53. The van der Waals surface area contributed by atoms with Crippen LogP contribution in [0.25, 0.3) is 0 Å². The number of carboxylic acid groups (broad SMARTS) is 1. The quantitative estimate of drug-likeness (QED) is 0.941. The van der Waals surface area contributed by atoms with Crippen LogP contribution in [-0.4, -0.2) is 40.6 Å². The van der Waals surface area contributed by atoms with Gasteiger partial charge in [-0.3, -0.25) is 4.90 Å². The van der Waals surface area contributed by atoms with Gasteiger partial charge in [-0.05, 0) is 17.0 Å². The first-order valence-corrected chi connectivity index (χ1v) is 8.53. The topological polar surface area (TPSA) is 43.8 Å². The van der Waals surface area contributed by atoms with Crippen LogP contribution in [-0.2, 0) is 6.54 Å². The smallest absolute Gasteiger partial charge is 0.407 e. The van der Waals surface area contributed by atoms with Crippen LogP contribution < -0.4 is 0 Å². The molecule has 0 bridgehead atoms. The SMILES string of the molecule is O=C(O)N1CC2CN(Cc3ccccc3)CC2C1c1ccccc1. The number of nitrogens with zero attached hydrogens (tertiary/aromatic N) is 2. The van der Waals surface area contributed by atoms with Crippen molar-refractivity contribution in [3.05, 3.63) is 71.8 Å². The summed E-state index contributed by atoms with van der Waals surface area (Å²) in [6.07, 6.45) is -0.798. The molecule has 1 N–H and O–H groups in total. The molecule has 3 atom stereocenters. The number of benzene rings is 2. The Kier molecular flexibility index (Phi) is 3.98. The molecular weight excluding hydrogens is 300 g/mol. The Morgan fingerprint density at radius 3 is 2.29 bits per heavy atom. The second kappa shape index (κ2) is 6.29. The van der Waals surface area contributed by atoms with E-state index in [4.69, 9.17) is 0 Å². The third-order valence-corrected chi connectivity index (χ3v) is 5.38. The third kappa shape index (κ3) is 2.78. The van der Waals surface area contributed by atoms with E-state index in [1.54, 1.807) is 4.90 Å². The number of likely N-dealkylation sites (tertiary alicyclic amines) is 2. The molecule has 2 saturated heterocycles. The second-order valence-electron chi connectivity index (χ2n) is 6.89. The largest absolute Gasteiger partial charge is 0.465 e. The molecule has 1 amide bonds. The molecule has 124 valence electrons. The number of rotatable bonds is 3. The molecule has 2 aromatic carbocycles. The van der Waals surface area contributed by atoms with Gasteiger partial charge in [0.2, 0.25) is 0 Å². The van der Waals surface area contributed by atoms with Crippen molar-refractivity contribution < 1.29 is 9.90 Å². The van der Waals surface area contributed by atoms with Crippen LogP contribution in [0.15, 0.2) is 60.7 Å². The van der Waals surface area contributed by atoms with E-state index in [1.807, 2.05) is 24.3 Å². The van der Waals surface area contributed by atoms with Gasteiger partial charge in [0.05, 0.1) is 6.04 Å². The summed E-state index contributed by atoms with van der Waals surface area (Å²) in [7, 11) is 0. The van der Waals surface area contributed by atoms with Gasteiger partial charge in [0.25, 0.3) is 0 Å². The van der Waals surface area contributed by atoms with Gasteiger partial charge in [-0.15, -0.1) is 0 Å². The lowest BCUT2D eigenvalue weighted by Crippen LogP contribution is -2.34. The number of amides is 1. The Morgan fingerprint density at radius 2 is 1.62 bits per heavy atom. The van der Waals surface area contributed by atoms with E-state index < -0.39 is 6.09 Å². The van der Waals surface area contributed by atoms with Crippen molar-refractivity contribution in [2.45, 2.75) is 12.6 Å². The minimum Gasteiger partial charge on any atom is -0.465 e. The molecule has 2 aromatic rings. The van der Waals surface area contributed by atoms with Crippen molar-refractivity contribution in [2.75, 3.05) is 19.6 Å². The Labute approximate surface area is 142 Å². The summed E-state index contributed by atoms with van der Waals surface area (Å²) in [5.74, 6) is 0.808. The van der Waals surface area contributed by atoms with Crippen LogP contribution in [0.4, 0.5) is 4.79 Å². The highest BCUT2D eigenvalue weighted by molar-refractivity contribution is 5.66. The van der Waals surface area contributed by atoms with Gasteiger partial charge < -0.3 is 10.0 Å². The highest BCUT2D eigenvalue weighted by Crippen LogP contribution is 2.45. The summed E-state index contributed by atoms with van der Waals surface area (Å²) in [4.78, 5) is 15.8. The average molecular weight is 322 g/mol. The fourth-order valence-corrected chi connectivity index (χ4v) is 4.38. The number of hydrogen-bond donors (Lipinski definition) is 1. The van der Waals surface area contributed by atoms with Crippen LogP contribution in [0.2, 0.25) is 0 Å². The molecule has 0 aliphatic carbocycles. The fourth-order valence-electron chi connectivity index (χ4n) is 4.38. The minimum absolute atomic E-state index is 0.0190. The van der Waals surface area contributed by atoms with Gasteiger partial charge in [0.1, 0.15) is 0 Å². The molecule has 3 unspecified atom stereocenters.